The molecule has 1 saturated carbocycles. The lowest BCUT2D eigenvalue weighted by Crippen LogP contribution is -2.45. The van der Waals surface area contributed by atoms with Gasteiger partial charge in [-0.3, -0.25) is 4.79 Å². The predicted molar refractivity (Wildman–Crippen MR) is 115 cm³/mol. The monoisotopic (exact) mass is 431 g/mol. The highest BCUT2D eigenvalue weighted by Crippen LogP contribution is 2.31. The molecular formula is C23H29NO5S. The first-order valence-electron chi connectivity index (χ1n) is 10.3. The summed E-state index contributed by atoms with van der Waals surface area (Å²) in [6, 6.07) is 14.1. The van der Waals surface area contributed by atoms with E-state index in [0.717, 1.165) is 42.0 Å². The lowest BCUT2D eigenvalue weighted by molar-refractivity contribution is -0.142. The van der Waals surface area contributed by atoms with E-state index in [1.165, 1.54) is 19.2 Å². The van der Waals surface area contributed by atoms with Gasteiger partial charge in [-0.2, -0.15) is 4.31 Å². The van der Waals surface area contributed by atoms with E-state index in [9.17, 15) is 18.3 Å². The molecule has 0 heterocycles. The maximum atomic E-state index is 13.5. The lowest BCUT2D eigenvalue weighted by Gasteiger charge is -2.32. The Balaban J connectivity index is 1.97. The predicted octanol–water partition coefficient (Wildman–Crippen LogP) is 4.31. The SMILES string of the molecule is COc1ccc(S(=O)(=O)N(Cc2ccccc2)[C@H](CC2CCCCC2)C(=O)O)cc1. The van der Waals surface area contributed by atoms with Crippen molar-refractivity contribution in [3.05, 3.63) is 60.2 Å². The molecule has 6 nitrogen and oxygen atoms in total. The van der Waals surface area contributed by atoms with Gasteiger partial charge in [0.2, 0.25) is 10.0 Å². The Hall–Kier alpha value is -2.38. The van der Waals surface area contributed by atoms with Gasteiger partial charge in [0.1, 0.15) is 11.8 Å². The molecule has 1 aliphatic carbocycles. The van der Waals surface area contributed by atoms with Crippen LogP contribution in [0, 0.1) is 5.92 Å². The van der Waals surface area contributed by atoms with Crippen molar-refractivity contribution in [2.75, 3.05) is 7.11 Å². The standard InChI is InChI=1S/C23H29NO5S/c1-29-20-12-14-21(15-13-20)30(27,28)24(17-19-10-6-3-7-11-19)22(23(25)26)16-18-8-4-2-5-9-18/h3,6-7,10-15,18,22H,2,4-5,8-9,16-17H2,1H3,(H,25,26)/t22-/m1/s1. The minimum atomic E-state index is -4.02. The summed E-state index contributed by atoms with van der Waals surface area (Å²) < 4.78 is 33.4. The minimum absolute atomic E-state index is 0.0128. The number of ether oxygens (including phenoxy) is 1. The molecule has 162 valence electrons. The summed E-state index contributed by atoms with van der Waals surface area (Å²) in [5.74, 6) is -0.335. The third kappa shape index (κ3) is 5.40. The maximum absolute atomic E-state index is 13.5. The molecule has 1 N–H and O–H groups in total. The van der Waals surface area contributed by atoms with Crippen molar-refractivity contribution in [1.82, 2.24) is 4.31 Å². The number of methoxy groups -OCH3 is 1. The summed E-state index contributed by atoms with van der Waals surface area (Å²) in [4.78, 5) is 12.3. The van der Waals surface area contributed by atoms with Crippen LogP contribution in [0.2, 0.25) is 0 Å². The van der Waals surface area contributed by atoms with Gasteiger partial charge in [0.05, 0.1) is 12.0 Å². The highest BCUT2D eigenvalue weighted by atomic mass is 32.2. The molecule has 0 aromatic heterocycles. The topological polar surface area (TPSA) is 83.9 Å². The van der Waals surface area contributed by atoms with Gasteiger partial charge in [0, 0.05) is 6.54 Å². The van der Waals surface area contributed by atoms with Crippen LogP contribution in [0.15, 0.2) is 59.5 Å². The molecule has 0 bridgehead atoms. The zero-order valence-corrected chi connectivity index (χ0v) is 18.1. The summed E-state index contributed by atoms with van der Waals surface area (Å²) in [5.41, 5.74) is 0.754. The molecule has 7 heteroatoms. The molecule has 0 aliphatic heterocycles. The highest BCUT2D eigenvalue weighted by Gasteiger charge is 2.37. The number of carboxylic acid groups (broad SMARTS) is 1. The molecule has 0 radical (unpaired) electrons. The van der Waals surface area contributed by atoms with Gasteiger partial charge in [0.25, 0.3) is 0 Å². The van der Waals surface area contributed by atoms with Gasteiger partial charge < -0.3 is 9.84 Å². The van der Waals surface area contributed by atoms with Crippen LogP contribution in [0.1, 0.15) is 44.1 Å². The number of benzene rings is 2. The number of rotatable bonds is 9. The zero-order chi connectivity index (χ0) is 21.6. The van der Waals surface area contributed by atoms with Crippen LogP contribution in [0.25, 0.3) is 0 Å². The van der Waals surface area contributed by atoms with E-state index in [-0.39, 0.29) is 17.4 Å². The third-order valence-electron chi connectivity index (χ3n) is 5.76. The molecule has 0 amide bonds. The second kappa shape index (κ2) is 10.1. The molecule has 1 atom stereocenters. The number of hydrogen-bond acceptors (Lipinski definition) is 4. The Morgan fingerprint density at radius 3 is 2.27 bits per heavy atom. The summed E-state index contributed by atoms with van der Waals surface area (Å²) in [5, 5.41) is 10.0. The quantitative estimate of drug-likeness (QED) is 0.640. The van der Waals surface area contributed by atoms with Crippen molar-refractivity contribution in [2.24, 2.45) is 5.92 Å². The van der Waals surface area contributed by atoms with Crippen LogP contribution in [0.5, 0.6) is 5.75 Å². The molecule has 0 saturated heterocycles. The van der Waals surface area contributed by atoms with Gasteiger partial charge in [0.15, 0.2) is 0 Å². The van der Waals surface area contributed by atoms with Crippen LogP contribution < -0.4 is 4.74 Å². The van der Waals surface area contributed by atoms with E-state index in [2.05, 4.69) is 0 Å². The Morgan fingerprint density at radius 1 is 1.07 bits per heavy atom. The molecule has 30 heavy (non-hydrogen) atoms. The molecule has 2 aromatic rings. The number of carboxylic acids is 1. The zero-order valence-electron chi connectivity index (χ0n) is 17.2. The van der Waals surface area contributed by atoms with Gasteiger partial charge in [-0.1, -0.05) is 62.4 Å². The Morgan fingerprint density at radius 2 is 1.70 bits per heavy atom. The van der Waals surface area contributed by atoms with Gasteiger partial charge in [-0.05, 0) is 42.2 Å². The summed E-state index contributed by atoms with van der Waals surface area (Å²) in [7, 11) is -2.51. The van der Waals surface area contributed by atoms with Gasteiger partial charge >= 0.3 is 5.97 Å². The number of sulfonamides is 1. The van der Waals surface area contributed by atoms with Crippen LogP contribution in [-0.2, 0) is 21.4 Å². The van der Waals surface area contributed by atoms with Crippen molar-refractivity contribution in [2.45, 2.75) is 56.0 Å². The Bertz CT molecular complexity index is 922. The summed E-state index contributed by atoms with van der Waals surface area (Å²) in [6.07, 6.45) is 5.53. The molecule has 1 aliphatic rings. The van der Waals surface area contributed by atoms with Crippen molar-refractivity contribution < 1.29 is 23.1 Å². The number of aliphatic carboxylic acids is 1. The number of nitrogens with zero attached hydrogens (tertiary/aromatic N) is 1. The number of carbonyl (C=O) groups is 1. The van der Waals surface area contributed by atoms with Gasteiger partial charge in [-0.15, -0.1) is 0 Å². The first kappa shape index (κ1) is 22.3. The van der Waals surface area contributed by atoms with Crippen molar-refractivity contribution in [1.29, 1.82) is 0 Å². The molecule has 0 spiro atoms. The second-order valence-electron chi connectivity index (χ2n) is 7.81. The summed E-state index contributed by atoms with van der Waals surface area (Å²) in [6.45, 7) is 0.0128. The number of hydrogen-bond donors (Lipinski definition) is 1. The second-order valence-corrected chi connectivity index (χ2v) is 9.70. The van der Waals surface area contributed by atoms with Gasteiger partial charge in [-0.25, -0.2) is 8.42 Å². The largest absolute Gasteiger partial charge is 0.497 e. The smallest absolute Gasteiger partial charge is 0.322 e. The van der Waals surface area contributed by atoms with Crippen LogP contribution in [0.3, 0.4) is 0 Å². The summed E-state index contributed by atoms with van der Waals surface area (Å²) >= 11 is 0. The maximum Gasteiger partial charge on any atom is 0.322 e. The fourth-order valence-electron chi connectivity index (χ4n) is 4.09. The van der Waals surface area contributed by atoms with Crippen LogP contribution in [0.4, 0.5) is 0 Å². The average molecular weight is 432 g/mol. The Kier molecular flexibility index (Phi) is 7.50. The first-order chi connectivity index (χ1) is 14.4. The molecule has 3 rings (SSSR count). The fourth-order valence-corrected chi connectivity index (χ4v) is 5.67. The van der Waals surface area contributed by atoms with Crippen LogP contribution in [-0.4, -0.2) is 37.0 Å². The minimum Gasteiger partial charge on any atom is -0.497 e. The highest BCUT2D eigenvalue weighted by molar-refractivity contribution is 7.89. The van der Waals surface area contributed by atoms with E-state index in [4.69, 9.17) is 4.74 Å². The third-order valence-corrected chi connectivity index (χ3v) is 7.63. The van der Waals surface area contributed by atoms with Crippen molar-refractivity contribution in [3.63, 3.8) is 0 Å². The normalized spacial score (nSPS) is 16.3. The lowest BCUT2D eigenvalue weighted by atomic mass is 9.85. The van der Waals surface area contributed by atoms with Crippen molar-refractivity contribution in [3.8, 4) is 5.75 Å². The fraction of sp³-hybridized carbons (Fsp3) is 0.435. The van der Waals surface area contributed by atoms with Crippen molar-refractivity contribution >= 4 is 16.0 Å². The van der Waals surface area contributed by atoms with Crippen LogP contribution >= 0.6 is 0 Å². The molecule has 2 aromatic carbocycles. The first-order valence-corrected chi connectivity index (χ1v) is 11.8. The Labute approximate surface area is 178 Å². The van der Waals surface area contributed by atoms with E-state index in [1.54, 1.807) is 12.1 Å². The molecule has 0 unspecified atom stereocenters. The average Bonchev–Trinajstić information content (AvgIpc) is 2.77. The van der Waals surface area contributed by atoms with E-state index >= 15 is 0 Å². The molecule has 1 fully saturated rings. The van der Waals surface area contributed by atoms with E-state index < -0.39 is 22.0 Å². The van der Waals surface area contributed by atoms with E-state index in [1.807, 2.05) is 30.3 Å². The molecular weight excluding hydrogens is 402 g/mol. The van der Waals surface area contributed by atoms with E-state index in [0.29, 0.717) is 12.2 Å².